The molecule has 0 aliphatic rings. The topological polar surface area (TPSA) is 77.5 Å². The molecule has 0 bridgehead atoms. The molecule has 0 aliphatic heterocycles. The lowest BCUT2D eigenvalue weighted by Crippen LogP contribution is -2.37. The third kappa shape index (κ3) is 4.17. The predicted molar refractivity (Wildman–Crippen MR) is 91.0 cm³/mol. The molecule has 0 fully saturated rings. The zero-order valence-electron chi connectivity index (χ0n) is 13.0. The third-order valence-electron chi connectivity index (χ3n) is 3.29. The van der Waals surface area contributed by atoms with Crippen molar-refractivity contribution in [2.75, 3.05) is 7.11 Å². The van der Waals surface area contributed by atoms with Crippen molar-refractivity contribution in [1.82, 2.24) is 0 Å². The fraction of sp³-hybridized carbons (Fsp3) is 0.111. The smallest absolute Gasteiger partial charge is 0.332 e. The first-order valence-corrected chi connectivity index (χ1v) is 8.71. The summed E-state index contributed by atoms with van der Waals surface area (Å²) in [5.74, 6) is -1.93. The van der Waals surface area contributed by atoms with Gasteiger partial charge in [-0.1, -0.05) is 60.7 Å². The van der Waals surface area contributed by atoms with Crippen LogP contribution in [0.25, 0.3) is 6.08 Å². The maximum atomic E-state index is 12.5. The average Bonchev–Trinajstić information content (AvgIpc) is 2.61. The van der Waals surface area contributed by atoms with Gasteiger partial charge in [0.1, 0.15) is 0 Å². The van der Waals surface area contributed by atoms with Crippen LogP contribution in [-0.4, -0.2) is 32.5 Å². The molecule has 2 rings (SSSR count). The van der Waals surface area contributed by atoms with Crippen LogP contribution < -0.4 is 0 Å². The predicted octanol–water partition coefficient (Wildman–Crippen LogP) is 2.50. The lowest BCUT2D eigenvalue weighted by molar-refractivity contribution is -0.139. The highest BCUT2D eigenvalue weighted by atomic mass is 32.2. The van der Waals surface area contributed by atoms with E-state index in [1.165, 1.54) is 18.2 Å². The fourth-order valence-electron chi connectivity index (χ4n) is 2.07. The Kier molecular flexibility index (Phi) is 5.65. The Bertz CT molecular complexity index is 839. The van der Waals surface area contributed by atoms with Crippen LogP contribution in [-0.2, 0) is 19.4 Å². The largest absolute Gasteiger partial charge is 0.468 e. The van der Waals surface area contributed by atoms with Crippen molar-refractivity contribution in [1.29, 1.82) is 0 Å². The first kappa shape index (κ1) is 17.6. The number of carbonyl (C=O) groups excluding carboxylic acids is 2. The minimum atomic E-state index is -4.18. The highest BCUT2D eigenvalue weighted by Crippen LogP contribution is 2.15. The minimum absolute atomic E-state index is 0.129. The quantitative estimate of drug-likeness (QED) is 0.457. The molecule has 0 saturated heterocycles. The van der Waals surface area contributed by atoms with Gasteiger partial charge in [0.2, 0.25) is 5.25 Å². The number of hydrogen-bond acceptors (Lipinski definition) is 5. The Morgan fingerprint density at radius 3 is 2.04 bits per heavy atom. The van der Waals surface area contributed by atoms with Crippen molar-refractivity contribution in [2.45, 2.75) is 5.25 Å². The van der Waals surface area contributed by atoms with Crippen LogP contribution in [0, 0.1) is 0 Å². The van der Waals surface area contributed by atoms with E-state index in [0.29, 0.717) is 5.56 Å². The van der Waals surface area contributed by atoms with Gasteiger partial charge >= 0.3 is 5.97 Å². The number of Topliss-reactive ketones (excluding diaryl/α,β-unsaturated/α-hetero) is 1. The van der Waals surface area contributed by atoms with Gasteiger partial charge in [-0.3, -0.25) is 9.59 Å². The molecule has 2 aromatic carbocycles. The van der Waals surface area contributed by atoms with Crippen LogP contribution in [0.2, 0.25) is 0 Å². The Hall–Kier alpha value is -2.73. The zero-order valence-corrected chi connectivity index (χ0v) is 13.8. The van der Waals surface area contributed by atoms with Gasteiger partial charge in [0.25, 0.3) is 0 Å². The number of benzene rings is 2. The number of ether oxygens (including phenoxy) is 1. The number of sulfone groups is 1. The summed E-state index contributed by atoms with van der Waals surface area (Å²) in [5.41, 5.74) is 0.765. The van der Waals surface area contributed by atoms with Crippen molar-refractivity contribution in [2.24, 2.45) is 0 Å². The number of hydrogen-bond donors (Lipinski definition) is 0. The van der Waals surface area contributed by atoms with Crippen molar-refractivity contribution in [3.8, 4) is 0 Å². The molecule has 0 heterocycles. The van der Waals surface area contributed by atoms with Gasteiger partial charge in [-0.2, -0.15) is 0 Å². The minimum Gasteiger partial charge on any atom is -0.468 e. The molecule has 24 heavy (non-hydrogen) atoms. The average molecular weight is 344 g/mol. The van der Waals surface area contributed by atoms with E-state index < -0.39 is 26.8 Å². The second kappa shape index (κ2) is 7.70. The summed E-state index contributed by atoms with van der Waals surface area (Å²) >= 11 is 0. The Balaban J connectivity index is 2.38. The molecular formula is C18H16O5S. The molecule has 0 aromatic heterocycles. The van der Waals surface area contributed by atoms with E-state index in [1.54, 1.807) is 48.5 Å². The van der Waals surface area contributed by atoms with E-state index >= 15 is 0 Å². The molecule has 5 nitrogen and oxygen atoms in total. The number of esters is 1. The normalized spacial score (nSPS) is 12.7. The molecule has 0 aliphatic carbocycles. The van der Waals surface area contributed by atoms with Crippen LogP contribution in [0.5, 0.6) is 0 Å². The molecule has 0 saturated carbocycles. The van der Waals surface area contributed by atoms with Gasteiger partial charge in [0.05, 0.1) is 7.11 Å². The summed E-state index contributed by atoms with van der Waals surface area (Å²) in [4.78, 5) is 24.4. The molecule has 0 N–H and O–H groups in total. The van der Waals surface area contributed by atoms with E-state index in [-0.39, 0.29) is 5.56 Å². The van der Waals surface area contributed by atoms with Crippen LogP contribution >= 0.6 is 0 Å². The number of rotatable bonds is 6. The van der Waals surface area contributed by atoms with Gasteiger partial charge in [0, 0.05) is 11.0 Å². The molecule has 0 radical (unpaired) electrons. The summed E-state index contributed by atoms with van der Waals surface area (Å²) in [7, 11) is -3.14. The molecule has 0 spiro atoms. The molecule has 1 unspecified atom stereocenters. The second-order valence-corrected chi connectivity index (χ2v) is 6.86. The van der Waals surface area contributed by atoms with Gasteiger partial charge in [0.15, 0.2) is 15.6 Å². The second-order valence-electron chi connectivity index (χ2n) is 4.94. The number of methoxy groups -OCH3 is 1. The van der Waals surface area contributed by atoms with E-state index in [9.17, 15) is 18.0 Å². The molecule has 1 atom stereocenters. The first-order chi connectivity index (χ1) is 11.5. The summed E-state index contributed by atoms with van der Waals surface area (Å²) < 4.78 is 29.5. The Morgan fingerprint density at radius 1 is 0.958 bits per heavy atom. The van der Waals surface area contributed by atoms with Gasteiger partial charge in [-0.15, -0.1) is 0 Å². The lowest BCUT2D eigenvalue weighted by Gasteiger charge is -2.12. The summed E-state index contributed by atoms with van der Waals surface area (Å²) in [5, 5.41) is -1.06. The summed E-state index contributed by atoms with van der Waals surface area (Å²) in [6.07, 6.45) is 1.34. The third-order valence-corrected chi connectivity index (χ3v) is 4.87. The summed E-state index contributed by atoms with van der Waals surface area (Å²) in [6.45, 7) is 0. The van der Waals surface area contributed by atoms with Crippen molar-refractivity contribution in [3.05, 3.63) is 77.2 Å². The lowest BCUT2D eigenvalue weighted by atomic mass is 10.1. The monoisotopic (exact) mass is 344 g/mol. The number of carbonyl (C=O) groups is 2. The van der Waals surface area contributed by atoms with Crippen LogP contribution in [0.4, 0.5) is 0 Å². The van der Waals surface area contributed by atoms with Crippen LogP contribution in [0.1, 0.15) is 15.9 Å². The SMILES string of the molecule is COC(=O)C(C(=O)c1ccccc1)S(=O)(=O)/C=C\c1ccccc1. The van der Waals surface area contributed by atoms with Crippen LogP contribution in [0.3, 0.4) is 0 Å². The van der Waals surface area contributed by atoms with Gasteiger partial charge in [-0.25, -0.2) is 8.42 Å². The highest BCUT2D eigenvalue weighted by Gasteiger charge is 2.39. The van der Waals surface area contributed by atoms with Crippen molar-refractivity contribution >= 4 is 27.7 Å². The van der Waals surface area contributed by atoms with E-state index in [1.807, 2.05) is 0 Å². The van der Waals surface area contributed by atoms with Gasteiger partial charge < -0.3 is 4.74 Å². The fourth-order valence-corrected chi connectivity index (χ4v) is 3.37. The maximum absolute atomic E-state index is 12.5. The highest BCUT2D eigenvalue weighted by molar-refractivity contribution is 7.96. The molecule has 0 amide bonds. The Labute approximate surface area is 140 Å². The molecule has 124 valence electrons. The van der Waals surface area contributed by atoms with E-state index in [2.05, 4.69) is 4.74 Å². The van der Waals surface area contributed by atoms with Crippen molar-refractivity contribution in [3.63, 3.8) is 0 Å². The first-order valence-electron chi connectivity index (χ1n) is 7.10. The molecule has 2 aromatic rings. The standard InChI is InChI=1S/C18H16O5S/c1-23-18(20)17(16(19)15-10-6-3-7-11-15)24(21,22)13-12-14-8-4-2-5-9-14/h2-13,17H,1H3/b13-12-. The molecule has 6 heteroatoms. The van der Waals surface area contributed by atoms with Crippen molar-refractivity contribution < 1.29 is 22.7 Å². The van der Waals surface area contributed by atoms with E-state index in [4.69, 9.17) is 0 Å². The summed E-state index contributed by atoms with van der Waals surface area (Å²) in [6, 6.07) is 16.5. The van der Waals surface area contributed by atoms with Crippen LogP contribution in [0.15, 0.2) is 66.1 Å². The molecular weight excluding hydrogens is 328 g/mol. The van der Waals surface area contributed by atoms with Gasteiger partial charge in [-0.05, 0) is 11.6 Å². The Morgan fingerprint density at radius 2 is 1.50 bits per heavy atom. The van der Waals surface area contributed by atoms with E-state index in [0.717, 1.165) is 12.5 Å². The number of ketones is 1. The zero-order chi connectivity index (χ0) is 17.6. The maximum Gasteiger partial charge on any atom is 0.332 e.